The first-order valence-corrected chi connectivity index (χ1v) is 20.3. The molecule has 0 radical (unpaired) electrons. The minimum Gasteiger partial charge on any atom is -0.489 e. The number of nitriles is 1. The molecule has 0 spiro atoms. The van der Waals surface area contributed by atoms with Crippen molar-refractivity contribution >= 4 is 45.9 Å². The van der Waals surface area contributed by atoms with E-state index in [1.807, 2.05) is 52.0 Å². The molecule has 0 bridgehead atoms. The number of hydrogen-bond donors (Lipinski definition) is 1. The number of ether oxygens (including phenoxy) is 3. The number of primary amides is 1. The Morgan fingerprint density at radius 3 is 2.36 bits per heavy atom. The summed E-state index contributed by atoms with van der Waals surface area (Å²) in [6, 6.07) is 18.2. The van der Waals surface area contributed by atoms with E-state index in [-0.39, 0.29) is 42.5 Å². The first-order valence-electron chi connectivity index (χ1n) is 20.0. The largest absolute Gasteiger partial charge is 0.489 e. The molecule has 2 aromatic carbocycles. The van der Waals surface area contributed by atoms with Crippen LogP contribution in [0.25, 0.3) is 10.8 Å². The highest BCUT2D eigenvalue weighted by atomic mass is 35.5. The third kappa shape index (κ3) is 8.30. The number of pyridine rings is 2. The van der Waals surface area contributed by atoms with Gasteiger partial charge in [0.2, 0.25) is 11.8 Å². The van der Waals surface area contributed by atoms with Gasteiger partial charge in [0.25, 0.3) is 11.5 Å². The second kappa shape index (κ2) is 17.1. The number of halogens is 1. The van der Waals surface area contributed by atoms with Crippen molar-refractivity contribution in [1.29, 1.82) is 5.26 Å². The molecule has 4 heterocycles. The van der Waals surface area contributed by atoms with Gasteiger partial charge >= 0.3 is 0 Å². The summed E-state index contributed by atoms with van der Waals surface area (Å²) in [4.78, 5) is 64.2. The van der Waals surface area contributed by atoms with Gasteiger partial charge in [-0.3, -0.25) is 33.5 Å². The van der Waals surface area contributed by atoms with Gasteiger partial charge in [0.1, 0.15) is 29.8 Å². The third-order valence-electron chi connectivity index (χ3n) is 12.0. The molecule has 2 aliphatic heterocycles. The number of nitrogens with zero attached hydrogens (tertiary/aromatic N) is 6. The van der Waals surface area contributed by atoms with Crippen molar-refractivity contribution in [2.75, 3.05) is 57.4 Å². The van der Waals surface area contributed by atoms with Crippen LogP contribution in [0.15, 0.2) is 71.7 Å². The van der Waals surface area contributed by atoms with Crippen LogP contribution in [-0.4, -0.2) is 102 Å². The number of aromatic nitrogens is 2. The SMILES string of the molecule is CC1(C)C(Oc2ccc(C#N)c(Cl)c2)C(C)(C)C1N1C(=O)CCC(n2c(COCCOCCN3CCN(c4ccc(C(N)=O)cn4)CC3)cc3ccccc3c2=O)C1=O. The Hall–Kier alpha value is -5.33. The zero-order valence-corrected chi connectivity index (χ0v) is 34.6. The predicted molar refractivity (Wildman–Crippen MR) is 222 cm³/mol. The quantitative estimate of drug-likeness (QED) is 0.135. The third-order valence-corrected chi connectivity index (χ3v) is 12.3. The molecular weight excluding hydrogens is 774 g/mol. The van der Waals surface area contributed by atoms with Gasteiger partial charge in [-0.2, -0.15) is 5.26 Å². The predicted octanol–water partition coefficient (Wildman–Crippen LogP) is 4.95. The maximum atomic E-state index is 14.6. The monoisotopic (exact) mass is 823 g/mol. The summed E-state index contributed by atoms with van der Waals surface area (Å²) < 4.78 is 20.0. The van der Waals surface area contributed by atoms with E-state index in [2.05, 4.69) is 20.9 Å². The lowest BCUT2D eigenvalue weighted by molar-refractivity contribution is -0.216. The number of nitrogens with two attached hydrogens (primary N) is 1. The number of amides is 3. The highest BCUT2D eigenvalue weighted by Gasteiger charge is 2.68. The molecule has 1 atom stereocenters. The Bertz CT molecular complexity index is 2320. The summed E-state index contributed by atoms with van der Waals surface area (Å²) in [5.74, 6) is 0.106. The van der Waals surface area contributed by atoms with Crippen LogP contribution in [-0.2, 0) is 25.7 Å². The van der Waals surface area contributed by atoms with E-state index in [1.165, 1.54) is 15.7 Å². The molecule has 14 nitrogen and oxygen atoms in total. The van der Waals surface area contributed by atoms with Crippen LogP contribution in [0, 0.1) is 22.2 Å². The van der Waals surface area contributed by atoms with Crippen molar-refractivity contribution in [2.24, 2.45) is 16.6 Å². The van der Waals surface area contributed by atoms with Gasteiger partial charge < -0.3 is 24.8 Å². The van der Waals surface area contributed by atoms with Crippen LogP contribution < -0.4 is 20.9 Å². The number of carbonyl (C=O) groups is 3. The topological polar surface area (TPSA) is 173 Å². The zero-order valence-electron chi connectivity index (χ0n) is 33.9. The Kier molecular flexibility index (Phi) is 12.1. The molecule has 2 N–H and O–H groups in total. The molecule has 1 unspecified atom stereocenters. The van der Waals surface area contributed by atoms with E-state index in [0.29, 0.717) is 41.2 Å². The number of carbonyl (C=O) groups excluding carboxylic acids is 3. The minimum absolute atomic E-state index is 0.0705. The van der Waals surface area contributed by atoms with Crippen LogP contribution in [0.4, 0.5) is 5.82 Å². The fraction of sp³-hybridized carbons (Fsp3) is 0.455. The Morgan fingerprint density at radius 2 is 1.68 bits per heavy atom. The summed E-state index contributed by atoms with van der Waals surface area (Å²) in [5.41, 5.74) is 4.97. The molecular formula is C44H50ClN7O7. The van der Waals surface area contributed by atoms with E-state index in [9.17, 15) is 24.4 Å². The van der Waals surface area contributed by atoms with E-state index in [4.69, 9.17) is 31.5 Å². The lowest BCUT2D eigenvalue weighted by atomic mass is 9.48. The highest BCUT2D eigenvalue weighted by molar-refractivity contribution is 6.31. The van der Waals surface area contributed by atoms with Crippen LogP contribution in [0.5, 0.6) is 5.75 Å². The smallest absolute Gasteiger partial charge is 0.259 e. The normalized spacial score (nSPS) is 21.6. The number of anilines is 1. The van der Waals surface area contributed by atoms with Crippen molar-refractivity contribution in [3.8, 4) is 11.8 Å². The van der Waals surface area contributed by atoms with Crippen molar-refractivity contribution < 1.29 is 28.6 Å². The van der Waals surface area contributed by atoms with Gasteiger partial charge in [-0.1, -0.05) is 57.5 Å². The van der Waals surface area contributed by atoms with Gasteiger partial charge in [0.05, 0.1) is 48.6 Å². The maximum absolute atomic E-state index is 14.6. The number of piperazine rings is 1. The fourth-order valence-electron chi connectivity index (χ4n) is 9.46. The number of piperidine rings is 1. The van der Waals surface area contributed by atoms with Gasteiger partial charge in [-0.15, -0.1) is 0 Å². The molecule has 1 saturated carbocycles. The Balaban J connectivity index is 0.977. The van der Waals surface area contributed by atoms with Crippen LogP contribution in [0.1, 0.15) is 68.2 Å². The lowest BCUT2D eigenvalue weighted by Gasteiger charge is -2.65. The van der Waals surface area contributed by atoms with Crippen LogP contribution in [0.3, 0.4) is 0 Å². The first kappa shape index (κ1) is 41.8. The first-order chi connectivity index (χ1) is 28.2. The van der Waals surface area contributed by atoms with Crippen LogP contribution >= 0.6 is 11.6 Å². The Morgan fingerprint density at radius 1 is 0.949 bits per heavy atom. The summed E-state index contributed by atoms with van der Waals surface area (Å²) in [7, 11) is 0. The molecule has 3 amide bonds. The second-order valence-corrected chi connectivity index (χ2v) is 17.0. The molecule has 3 fully saturated rings. The number of benzene rings is 2. The molecule has 7 rings (SSSR count). The maximum Gasteiger partial charge on any atom is 0.259 e. The standard InChI is InChI=1S/C44H50ClN7O7/c1-43(2)41(44(3,4)42(43)59-32-11-9-29(25-46)34(45)24-32)52-37(53)14-12-35(40(52)56)51-31(23-28-7-5-6-8-33(28)39(51)55)27-58-22-21-57-20-19-49-15-17-50(18-16-49)36-13-10-30(26-48-36)38(47)54/h5-11,13,23-24,26,35,41-42H,12,14-22,27H2,1-4H3,(H2,47,54). The van der Waals surface area contributed by atoms with Crippen molar-refractivity contribution in [2.45, 2.75) is 65.3 Å². The Labute approximate surface area is 348 Å². The number of likely N-dealkylation sites (tertiary alicyclic amines) is 1. The summed E-state index contributed by atoms with van der Waals surface area (Å²) >= 11 is 6.30. The molecule has 1 aliphatic carbocycles. The minimum atomic E-state index is -0.908. The molecule has 4 aromatic rings. The lowest BCUT2D eigenvalue weighted by Crippen LogP contribution is -2.77. The average Bonchev–Trinajstić information content (AvgIpc) is 3.21. The number of fused-ring (bicyclic) bond motifs is 1. The van der Waals surface area contributed by atoms with E-state index < -0.39 is 40.8 Å². The molecule has 2 aromatic heterocycles. The summed E-state index contributed by atoms with van der Waals surface area (Å²) in [6.45, 7) is 13.2. The molecule has 59 heavy (non-hydrogen) atoms. The van der Waals surface area contributed by atoms with Crippen molar-refractivity contribution in [1.82, 2.24) is 19.4 Å². The van der Waals surface area contributed by atoms with Crippen molar-refractivity contribution in [3.63, 3.8) is 0 Å². The molecule has 2 saturated heterocycles. The van der Waals surface area contributed by atoms with E-state index in [0.717, 1.165) is 43.9 Å². The van der Waals surface area contributed by atoms with Crippen molar-refractivity contribution in [3.05, 3.63) is 99.1 Å². The fourth-order valence-corrected chi connectivity index (χ4v) is 9.67. The highest BCUT2D eigenvalue weighted by Crippen LogP contribution is 2.59. The van der Waals surface area contributed by atoms with Gasteiger partial charge in [-0.25, -0.2) is 4.98 Å². The molecule has 3 aliphatic rings. The van der Waals surface area contributed by atoms with Gasteiger partial charge in [0.15, 0.2) is 0 Å². The molecule has 15 heteroatoms. The zero-order chi connectivity index (χ0) is 42.1. The molecule has 310 valence electrons. The van der Waals surface area contributed by atoms with E-state index >= 15 is 0 Å². The van der Waals surface area contributed by atoms with Gasteiger partial charge in [-0.05, 0) is 48.2 Å². The number of hydrogen-bond acceptors (Lipinski definition) is 11. The second-order valence-electron chi connectivity index (χ2n) is 16.6. The number of rotatable bonds is 14. The van der Waals surface area contributed by atoms with Gasteiger partial charge in [0, 0.05) is 73.3 Å². The average molecular weight is 824 g/mol. The summed E-state index contributed by atoms with van der Waals surface area (Å²) in [5, 5.41) is 10.8. The number of imide groups is 1. The van der Waals surface area contributed by atoms with Crippen LogP contribution in [0.2, 0.25) is 5.02 Å². The van der Waals surface area contributed by atoms with E-state index in [1.54, 1.807) is 36.4 Å². The summed E-state index contributed by atoms with van der Waals surface area (Å²) in [6.07, 6.45) is 1.39.